The van der Waals surface area contributed by atoms with Crippen LogP contribution >= 0.6 is 0 Å². The molecule has 7 heteroatoms. The Kier molecular flexibility index (Phi) is 5.23. The topological polar surface area (TPSA) is 84.9 Å². The molecular weight excluding hydrogens is 370 g/mol. The van der Waals surface area contributed by atoms with Crippen LogP contribution < -0.4 is 5.32 Å². The highest BCUT2D eigenvalue weighted by Gasteiger charge is 2.48. The van der Waals surface area contributed by atoms with Gasteiger partial charge in [-0.05, 0) is 26.0 Å². The molecule has 5 nitrogen and oxygen atoms in total. The van der Waals surface area contributed by atoms with E-state index in [0.29, 0.717) is 6.54 Å². The van der Waals surface area contributed by atoms with Crippen molar-refractivity contribution in [1.82, 2.24) is 0 Å². The SMILES string of the molecule is Cc1ccc(C[NH2+][C@H]2CS(=O)(=O)C[C@@H]2S(=O)(=O)c2ccc(C)cc2)cc1. The summed E-state index contributed by atoms with van der Waals surface area (Å²) >= 11 is 0. The third-order valence-electron chi connectivity index (χ3n) is 4.87. The first kappa shape index (κ1) is 19.1. The smallest absolute Gasteiger partial charge is 0.188 e. The minimum atomic E-state index is -3.70. The Hall–Kier alpha value is -1.70. The Morgan fingerprint density at radius 1 is 0.923 bits per heavy atom. The van der Waals surface area contributed by atoms with Gasteiger partial charge in [-0.15, -0.1) is 0 Å². The fraction of sp³-hybridized carbons (Fsp3) is 0.368. The van der Waals surface area contributed by atoms with E-state index in [-0.39, 0.29) is 16.4 Å². The summed E-state index contributed by atoms with van der Waals surface area (Å²) in [6, 6.07) is 14.1. The molecule has 2 N–H and O–H groups in total. The fourth-order valence-electron chi connectivity index (χ4n) is 3.30. The van der Waals surface area contributed by atoms with Crippen molar-refractivity contribution in [2.24, 2.45) is 0 Å². The molecule has 0 aromatic heterocycles. The van der Waals surface area contributed by atoms with Gasteiger partial charge in [-0.3, -0.25) is 0 Å². The van der Waals surface area contributed by atoms with Gasteiger partial charge in [-0.1, -0.05) is 47.5 Å². The lowest BCUT2D eigenvalue weighted by Crippen LogP contribution is -2.91. The first-order valence-corrected chi connectivity index (χ1v) is 11.9. The summed E-state index contributed by atoms with van der Waals surface area (Å²) in [6.45, 7) is 4.44. The normalized spacial score (nSPS) is 22.4. The number of nitrogens with two attached hydrogens (primary N) is 1. The summed E-state index contributed by atoms with van der Waals surface area (Å²) in [5.41, 5.74) is 3.16. The van der Waals surface area contributed by atoms with Crippen molar-refractivity contribution < 1.29 is 22.2 Å². The minimum Gasteiger partial charge on any atom is -0.338 e. The van der Waals surface area contributed by atoms with Crippen LogP contribution in [0.4, 0.5) is 0 Å². The molecule has 0 spiro atoms. The Bertz CT molecular complexity index is 979. The van der Waals surface area contributed by atoms with Crippen molar-refractivity contribution in [1.29, 1.82) is 0 Å². The maximum Gasteiger partial charge on any atom is 0.188 e. The lowest BCUT2D eigenvalue weighted by atomic mass is 10.1. The predicted molar refractivity (Wildman–Crippen MR) is 101 cm³/mol. The van der Waals surface area contributed by atoms with Crippen LogP contribution in [0.15, 0.2) is 53.4 Å². The number of benzene rings is 2. The van der Waals surface area contributed by atoms with Crippen molar-refractivity contribution in [2.75, 3.05) is 11.5 Å². The molecule has 0 aliphatic carbocycles. The second-order valence-corrected chi connectivity index (χ2v) is 11.4. The lowest BCUT2D eigenvalue weighted by Gasteiger charge is -2.17. The summed E-state index contributed by atoms with van der Waals surface area (Å²) in [6.07, 6.45) is 0. The Balaban J connectivity index is 1.83. The van der Waals surface area contributed by atoms with Crippen LogP contribution in [-0.2, 0) is 26.2 Å². The van der Waals surface area contributed by atoms with Gasteiger partial charge in [0.25, 0.3) is 0 Å². The van der Waals surface area contributed by atoms with Gasteiger partial charge >= 0.3 is 0 Å². The fourth-order valence-corrected chi connectivity index (χ4v) is 8.13. The van der Waals surface area contributed by atoms with E-state index in [4.69, 9.17) is 0 Å². The Morgan fingerprint density at radius 3 is 2.04 bits per heavy atom. The van der Waals surface area contributed by atoms with E-state index < -0.39 is 31.0 Å². The first-order valence-electron chi connectivity index (χ1n) is 8.57. The van der Waals surface area contributed by atoms with E-state index in [1.54, 1.807) is 24.3 Å². The van der Waals surface area contributed by atoms with Crippen molar-refractivity contribution in [3.8, 4) is 0 Å². The maximum absolute atomic E-state index is 13.0. The highest BCUT2D eigenvalue weighted by atomic mass is 32.2. The van der Waals surface area contributed by atoms with E-state index in [1.165, 1.54) is 0 Å². The molecule has 0 unspecified atom stereocenters. The highest BCUT2D eigenvalue weighted by molar-refractivity contribution is 7.96. The monoisotopic (exact) mass is 394 g/mol. The quantitative estimate of drug-likeness (QED) is 0.820. The molecule has 2 aromatic carbocycles. The van der Waals surface area contributed by atoms with E-state index in [0.717, 1.165) is 16.7 Å². The summed E-state index contributed by atoms with van der Waals surface area (Å²) in [7, 11) is -7.06. The molecule has 1 fully saturated rings. The number of aryl methyl sites for hydroxylation is 2. The van der Waals surface area contributed by atoms with Gasteiger partial charge in [0.1, 0.15) is 23.6 Å². The molecule has 1 saturated heterocycles. The van der Waals surface area contributed by atoms with Crippen LogP contribution in [0.5, 0.6) is 0 Å². The van der Waals surface area contributed by atoms with Gasteiger partial charge in [-0.25, -0.2) is 16.8 Å². The van der Waals surface area contributed by atoms with Gasteiger partial charge in [0.15, 0.2) is 19.7 Å². The van der Waals surface area contributed by atoms with E-state index >= 15 is 0 Å². The largest absolute Gasteiger partial charge is 0.338 e. The zero-order valence-corrected chi connectivity index (χ0v) is 16.6. The molecule has 2 aromatic rings. The van der Waals surface area contributed by atoms with Crippen molar-refractivity contribution >= 4 is 19.7 Å². The third kappa shape index (κ3) is 4.16. The summed E-state index contributed by atoms with van der Waals surface area (Å²) in [4.78, 5) is 0.193. The van der Waals surface area contributed by atoms with Crippen molar-refractivity contribution in [3.63, 3.8) is 0 Å². The third-order valence-corrected chi connectivity index (χ3v) is 9.08. The molecule has 140 valence electrons. The second-order valence-electron chi connectivity index (χ2n) is 7.06. The maximum atomic E-state index is 13.0. The van der Waals surface area contributed by atoms with Crippen LogP contribution in [0.1, 0.15) is 16.7 Å². The average molecular weight is 395 g/mol. The number of hydrogen-bond donors (Lipinski definition) is 1. The zero-order valence-electron chi connectivity index (χ0n) is 14.9. The molecule has 1 heterocycles. The molecule has 2 atom stereocenters. The molecular formula is C19H24NO4S2+. The number of rotatable bonds is 5. The molecule has 26 heavy (non-hydrogen) atoms. The lowest BCUT2D eigenvalue weighted by molar-refractivity contribution is -0.698. The summed E-state index contributed by atoms with van der Waals surface area (Å²) in [5.74, 6) is -0.410. The minimum absolute atomic E-state index is 0.103. The standard InChI is InChI=1S/C19H23NO4S2/c1-14-3-7-16(8-4-14)11-20-18-12-25(21,22)13-19(18)26(23,24)17-9-5-15(2)6-10-17/h3-10,18-20H,11-13H2,1-2H3/p+1/t18-,19-/m0/s1. The first-order chi connectivity index (χ1) is 12.2. The highest BCUT2D eigenvalue weighted by Crippen LogP contribution is 2.24. The number of quaternary nitrogens is 1. The van der Waals surface area contributed by atoms with Crippen LogP contribution in [0.25, 0.3) is 0 Å². The van der Waals surface area contributed by atoms with Crippen LogP contribution in [0, 0.1) is 13.8 Å². The molecule has 3 rings (SSSR count). The van der Waals surface area contributed by atoms with E-state index in [1.807, 2.05) is 43.4 Å². The van der Waals surface area contributed by atoms with Crippen LogP contribution in [-0.4, -0.2) is 39.6 Å². The Morgan fingerprint density at radius 2 is 1.46 bits per heavy atom. The van der Waals surface area contributed by atoms with Gasteiger partial charge in [0.05, 0.1) is 10.6 Å². The number of sulfone groups is 2. The summed E-state index contributed by atoms with van der Waals surface area (Å²) < 4.78 is 50.3. The average Bonchev–Trinajstić information content (AvgIpc) is 2.90. The number of hydrogen-bond acceptors (Lipinski definition) is 4. The summed E-state index contributed by atoms with van der Waals surface area (Å²) in [5, 5.41) is 0.937. The van der Waals surface area contributed by atoms with Crippen molar-refractivity contribution in [2.45, 2.75) is 36.6 Å². The van der Waals surface area contributed by atoms with Crippen molar-refractivity contribution in [3.05, 3.63) is 65.2 Å². The van der Waals surface area contributed by atoms with Gasteiger partial charge < -0.3 is 5.32 Å². The molecule has 1 aliphatic rings. The van der Waals surface area contributed by atoms with Gasteiger partial charge in [0, 0.05) is 5.56 Å². The zero-order chi connectivity index (χ0) is 18.9. The molecule has 0 radical (unpaired) electrons. The molecule has 0 bridgehead atoms. The van der Waals surface area contributed by atoms with Gasteiger partial charge in [-0.2, -0.15) is 0 Å². The van der Waals surface area contributed by atoms with Gasteiger partial charge in [0.2, 0.25) is 0 Å². The Labute approximate surface area is 155 Å². The van der Waals surface area contributed by atoms with E-state index in [9.17, 15) is 16.8 Å². The molecule has 0 amide bonds. The predicted octanol–water partition coefficient (Wildman–Crippen LogP) is 1.01. The van der Waals surface area contributed by atoms with E-state index in [2.05, 4.69) is 0 Å². The molecule has 0 saturated carbocycles. The van der Waals surface area contributed by atoms with Crippen LogP contribution in [0.3, 0.4) is 0 Å². The second kappa shape index (κ2) is 7.13. The van der Waals surface area contributed by atoms with Crippen LogP contribution in [0.2, 0.25) is 0 Å². The molecule has 1 aliphatic heterocycles.